The first-order valence-electron chi connectivity index (χ1n) is 6.60. The standard InChI is InChI=1S/C15H16N2O/c18-17-9-4-3-7-14(17)15-12(8-10-17)11-5-1-2-6-13(11)16-15/h1-6,14,16H,7-10H2/t14-,17+/m0/s1. The second-order valence-corrected chi connectivity index (χ2v) is 5.39. The minimum Gasteiger partial charge on any atom is -0.632 e. The molecular formula is C15H16N2O. The summed E-state index contributed by atoms with van der Waals surface area (Å²) in [5, 5.41) is 14.1. The van der Waals surface area contributed by atoms with E-state index in [1.165, 1.54) is 22.2 Å². The van der Waals surface area contributed by atoms with Crippen molar-refractivity contribution in [1.29, 1.82) is 0 Å². The molecular weight excluding hydrogens is 224 g/mol. The topological polar surface area (TPSA) is 38.8 Å². The number of H-pyrrole nitrogens is 1. The highest BCUT2D eigenvalue weighted by molar-refractivity contribution is 5.85. The molecule has 1 aromatic carbocycles. The molecule has 92 valence electrons. The minimum absolute atomic E-state index is 0.0731. The lowest BCUT2D eigenvalue weighted by Crippen LogP contribution is -2.50. The summed E-state index contributed by atoms with van der Waals surface area (Å²) in [7, 11) is 0. The predicted molar refractivity (Wildman–Crippen MR) is 71.9 cm³/mol. The first-order valence-corrected chi connectivity index (χ1v) is 6.60. The van der Waals surface area contributed by atoms with Crippen molar-refractivity contribution >= 4 is 10.9 Å². The summed E-state index contributed by atoms with van der Waals surface area (Å²) in [6.07, 6.45) is 5.95. The predicted octanol–water partition coefficient (Wildman–Crippen LogP) is 3.04. The van der Waals surface area contributed by atoms with Gasteiger partial charge < -0.3 is 14.8 Å². The fourth-order valence-electron chi connectivity index (χ4n) is 3.47. The SMILES string of the molecule is [O-][N@@+]12CC=CC[C@H]1c1[nH]c3ccccc3c1CC2. The summed E-state index contributed by atoms with van der Waals surface area (Å²) in [5.74, 6) is 0. The quantitative estimate of drug-likeness (QED) is 0.429. The summed E-state index contributed by atoms with van der Waals surface area (Å²) in [6, 6.07) is 8.46. The number of quaternary nitrogens is 1. The number of nitrogens with one attached hydrogen (secondary N) is 1. The monoisotopic (exact) mass is 240 g/mol. The van der Waals surface area contributed by atoms with Crippen LogP contribution in [0.4, 0.5) is 0 Å². The molecule has 0 bridgehead atoms. The van der Waals surface area contributed by atoms with Gasteiger partial charge in [-0.2, -0.15) is 0 Å². The molecule has 1 aromatic heterocycles. The molecule has 3 heterocycles. The van der Waals surface area contributed by atoms with E-state index < -0.39 is 0 Å². The lowest BCUT2D eigenvalue weighted by molar-refractivity contribution is -0.909. The van der Waals surface area contributed by atoms with Crippen molar-refractivity contribution < 1.29 is 4.65 Å². The number of hydrogen-bond acceptors (Lipinski definition) is 1. The molecule has 2 aromatic rings. The van der Waals surface area contributed by atoms with E-state index in [0.717, 1.165) is 12.8 Å². The Morgan fingerprint density at radius 1 is 1.22 bits per heavy atom. The maximum Gasteiger partial charge on any atom is 0.133 e. The minimum atomic E-state index is -0.0731. The van der Waals surface area contributed by atoms with Crippen LogP contribution < -0.4 is 0 Å². The molecule has 4 rings (SSSR count). The van der Waals surface area contributed by atoms with Crippen LogP contribution in [-0.4, -0.2) is 22.7 Å². The van der Waals surface area contributed by atoms with Crippen molar-refractivity contribution in [1.82, 2.24) is 4.98 Å². The molecule has 0 aliphatic carbocycles. The van der Waals surface area contributed by atoms with E-state index in [2.05, 4.69) is 29.3 Å². The summed E-state index contributed by atoms with van der Waals surface area (Å²) in [4.78, 5) is 3.49. The van der Waals surface area contributed by atoms with Gasteiger partial charge in [-0.3, -0.25) is 0 Å². The molecule has 2 aliphatic heterocycles. The Labute approximate surface area is 106 Å². The Morgan fingerprint density at radius 3 is 3.06 bits per heavy atom. The molecule has 0 amide bonds. The Bertz CT molecular complexity index is 643. The number of aromatic amines is 1. The molecule has 3 nitrogen and oxygen atoms in total. The fraction of sp³-hybridized carbons (Fsp3) is 0.333. The first kappa shape index (κ1) is 10.4. The van der Waals surface area contributed by atoms with Gasteiger partial charge in [0.05, 0.1) is 18.8 Å². The first-order chi connectivity index (χ1) is 8.78. The summed E-state index contributed by atoms with van der Waals surface area (Å²) < 4.78 is -0.0731. The number of para-hydroxylation sites is 1. The van der Waals surface area contributed by atoms with Crippen LogP contribution in [0.25, 0.3) is 10.9 Å². The molecule has 0 unspecified atom stereocenters. The van der Waals surface area contributed by atoms with E-state index in [4.69, 9.17) is 0 Å². The van der Waals surface area contributed by atoms with Crippen molar-refractivity contribution in [3.8, 4) is 0 Å². The number of hydroxylamine groups is 3. The van der Waals surface area contributed by atoms with Crippen LogP contribution in [0, 0.1) is 5.21 Å². The zero-order valence-electron chi connectivity index (χ0n) is 10.2. The van der Waals surface area contributed by atoms with Gasteiger partial charge in [0.2, 0.25) is 0 Å². The van der Waals surface area contributed by atoms with Crippen LogP contribution in [0.15, 0.2) is 36.4 Å². The van der Waals surface area contributed by atoms with Crippen LogP contribution in [0.5, 0.6) is 0 Å². The molecule has 0 spiro atoms. The molecule has 2 atom stereocenters. The fourth-order valence-corrected chi connectivity index (χ4v) is 3.47. The molecule has 2 aliphatic rings. The molecule has 0 saturated heterocycles. The van der Waals surface area contributed by atoms with Crippen molar-refractivity contribution in [2.24, 2.45) is 0 Å². The lowest BCUT2D eigenvalue weighted by atomic mass is 9.93. The maximum atomic E-state index is 12.8. The van der Waals surface area contributed by atoms with Gasteiger partial charge in [0.1, 0.15) is 6.04 Å². The highest BCUT2D eigenvalue weighted by Gasteiger charge is 2.38. The second kappa shape index (κ2) is 3.46. The Kier molecular flexibility index (Phi) is 1.99. The zero-order chi connectivity index (χ0) is 12.2. The number of benzene rings is 1. The third kappa shape index (κ3) is 1.26. The average molecular weight is 240 g/mol. The number of nitrogens with zero attached hydrogens (tertiary/aromatic N) is 1. The third-order valence-electron chi connectivity index (χ3n) is 4.43. The summed E-state index contributed by atoms with van der Waals surface area (Å²) in [6.45, 7) is 1.34. The van der Waals surface area contributed by atoms with Gasteiger partial charge in [-0.25, -0.2) is 0 Å². The molecule has 1 N–H and O–H groups in total. The highest BCUT2D eigenvalue weighted by Crippen LogP contribution is 2.42. The number of aromatic nitrogens is 1. The van der Waals surface area contributed by atoms with Crippen molar-refractivity contribution in [2.75, 3.05) is 13.1 Å². The van der Waals surface area contributed by atoms with E-state index in [9.17, 15) is 5.21 Å². The molecule has 0 saturated carbocycles. The van der Waals surface area contributed by atoms with Gasteiger partial charge in [0.25, 0.3) is 0 Å². The van der Waals surface area contributed by atoms with Crippen LogP contribution in [0.2, 0.25) is 0 Å². The Morgan fingerprint density at radius 2 is 2.11 bits per heavy atom. The normalized spacial score (nSPS) is 30.2. The van der Waals surface area contributed by atoms with Gasteiger partial charge >= 0.3 is 0 Å². The second-order valence-electron chi connectivity index (χ2n) is 5.39. The van der Waals surface area contributed by atoms with Crippen LogP contribution in [-0.2, 0) is 6.42 Å². The van der Waals surface area contributed by atoms with Crippen molar-refractivity contribution in [2.45, 2.75) is 18.9 Å². The highest BCUT2D eigenvalue weighted by atomic mass is 16.5. The Balaban J connectivity index is 1.95. The van der Waals surface area contributed by atoms with E-state index >= 15 is 0 Å². The average Bonchev–Trinajstić information content (AvgIpc) is 2.76. The van der Waals surface area contributed by atoms with Crippen LogP contribution in [0.3, 0.4) is 0 Å². The Hall–Kier alpha value is -1.58. The van der Waals surface area contributed by atoms with E-state index in [0.29, 0.717) is 13.1 Å². The van der Waals surface area contributed by atoms with Crippen molar-refractivity contribution in [3.63, 3.8) is 0 Å². The lowest BCUT2D eigenvalue weighted by Gasteiger charge is -2.52. The van der Waals surface area contributed by atoms with E-state index in [1.807, 2.05) is 12.1 Å². The number of hydrogen-bond donors (Lipinski definition) is 1. The summed E-state index contributed by atoms with van der Waals surface area (Å²) >= 11 is 0. The van der Waals surface area contributed by atoms with Crippen LogP contribution >= 0.6 is 0 Å². The van der Waals surface area contributed by atoms with Gasteiger partial charge in [0, 0.05) is 23.7 Å². The zero-order valence-corrected chi connectivity index (χ0v) is 10.2. The van der Waals surface area contributed by atoms with E-state index in [-0.39, 0.29) is 10.7 Å². The third-order valence-corrected chi connectivity index (χ3v) is 4.43. The van der Waals surface area contributed by atoms with E-state index in [1.54, 1.807) is 0 Å². The van der Waals surface area contributed by atoms with Crippen molar-refractivity contribution in [3.05, 3.63) is 52.9 Å². The largest absolute Gasteiger partial charge is 0.632 e. The molecule has 0 radical (unpaired) electrons. The van der Waals surface area contributed by atoms with Gasteiger partial charge in [-0.15, -0.1) is 0 Å². The van der Waals surface area contributed by atoms with Gasteiger partial charge in [0.15, 0.2) is 0 Å². The molecule has 3 heteroatoms. The number of fused-ring (bicyclic) bond motifs is 5. The maximum absolute atomic E-state index is 12.8. The summed E-state index contributed by atoms with van der Waals surface area (Å²) in [5.41, 5.74) is 3.72. The van der Waals surface area contributed by atoms with Gasteiger partial charge in [-0.05, 0) is 17.7 Å². The molecule has 18 heavy (non-hydrogen) atoms. The smallest absolute Gasteiger partial charge is 0.133 e. The number of rotatable bonds is 0. The molecule has 0 fully saturated rings. The van der Waals surface area contributed by atoms with Gasteiger partial charge in [-0.1, -0.05) is 24.3 Å². The van der Waals surface area contributed by atoms with Crippen LogP contribution in [0.1, 0.15) is 23.7 Å².